The summed E-state index contributed by atoms with van der Waals surface area (Å²) < 4.78 is 0. The van der Waals surface area contributed by atoms with Crippen molar-refractivity contribution in [2.45, 2.75) is 38.1 Å². The standard InChI is InChI=1S/C11H17N5O2/c12-15-10-7-6-9(16(17)18)11(14-10)13-8-4-2-1-3-5-8/h6-8H,1-5,12H2,(H2,13,14,15). The lowest BCUT2D eigenvalue weighted by molar-refractivity contribution is -0.384. The van der Waals surface area contributed by atoms with Crippen LogP contribution in [-0.2, 0) is 0 Å². The number of nitrogen functional groups attached to an aromatic ring is 1. The highest BCUT2D eigenvalue weighted by Gasteiger charge is 2.20. The van der Waals surface area contributed by atoms with E-state index in [4.69, 9.17) is 5.84 Å². The van der Waals surface area contributed by atoms with Gasteiger partial charge in [-0.05, 0) is 18.9 Å². The van der Waals surface area contributed by atoms with Crippen LogP contribution < -0.4 is 16.6 Å². The molecule has 0 radical (unpaired) electrons. The second-order valence-corrected chi connectivity index (χ2v) is 4.44. The van der Waals surface area contributed by atoms with E-state index >= 15 is 0 Å². The fourth-order valence-electron chi connectivity index (χ4n) is 2.23. The molecular formula is C11H17N5O2. The van der Waals surface area contributed by atoms with Crippen molar-refractivity contribution >= 4 is 17.3 Å². The third-order valence-electron chi connectivity index (χ3n) is 3.16. The van der Waals surface area contributed by atoms with Crippen LogP contribution in [0.4, 0.5) is 17.3 Å². The van der Waals surface area contributed by atoms with Crippen LogP contribution >= 0.6 is 0 Å². The zero-order chi connectivity index (χ0) is 13.0. The van der Waals surface area contributed by atoms with E-state index in [0.717, 1.165) is 25.7 Å². The highest BCUT2D eigenvalue weighted by Crippen LogP contribution is 2.27. The minimum absolute atomic E-state index is 0.0143. The highest BCUT2D eigenvalue weighted by molar-refractivity contribution is 5.60. The monoisotopic (exact) mass is 251 g/mol. The molecule has 4 N–H and O–H groups in total. The Balaban J connectivity index is 2.19. The summed E-state index contributed by atoms with van der Waals surface area (Å²) in [5.41, 5.74) is 2.38. The van der Waals surface area contributed by atoms with Gasteiger partial charge in [0, 0.05) is 12.1 Å². The molecule has 1 heterocycles. The number of hydrogen-bond donors (Lipinski definition) is 3. The maximum atomic E-state index is 10.9. The highest BCUT2D eigenvalue weighted by atomic mass is 16.6. The van der Waals surface area contributed by atoms with Crippen molar-refractivity contribution in [1.82, 2.24) is 4.98 Å². The summed E-state index contributed by atoms with van der Waals surface area (Å²) in [5.74, 6) is 5.98. The summed E-state index contributed by atoms with van der Waals surface area (Å²) in [6.07, 6.45) is 5.59. The molecule has 0 aromatic carbocycles. The molecule has 7 heteroatoms. The van der Waals surface area contributed by atoms with Crippen molar-refractivity contribution in [2.75, 3.05) is 10.7 Å². The molecule has 18 heavy (non-hydrogen) atoms. The summed E-state index contributed by atoms with van der Waals surface area (Å²) in [7, 11) is 0. The molecule has 0 saturated heterocycles. The second kappa shape index (κ2) is 5.63. The van der Waals surface area contributed by atoms with Crippen LogP contribution in [0.25, 0.3) is 0 Å². The number of nitrogens with one attached hydrogen (secondary N) is 2. The molecule has 1 aromatic rings. The van der Waals surface area contributed by atoms with Gasteiger partial charge in [0.2, 0.25) is 5.82 Å². The van der Waals surface area contributed by atoms with Crippen molar-refractivity contribution in [3.63, 3.8) is 0 Å². The number of aromatic nitrogens is 1. The molecule has 1 aliphatic carbocycles. The van der Waals surface area contributed by atoms with Crippen molar-refractivity contribution in [1.29, 1.82) is 0 Å². The molecule has 1 saturated carbocycles. The molecule has 7 nitrogen and oxygen atoms in total. The predicted octanol–water partition coefficient (Wildman–Crippen LogP) is 2.02. The quantitative estimate of drug-likeness (QED) is 0.429. The summed E-state index contributed by atoms with van der Waals surface area (Å²) in [6, 6.07) is 3.16. The van der Waals surface area contributed by atoms with E-state index in [9.17, 15) is 10.1 Å². The molecule has 1 aliphatic rings. The Bertz CT molecular complexity index is 431. The van der Waals surface area contributed by atoms with E-state index < -0.39 is 4.92 Å². The first-order valence-corrected chi connectivity index (χ1v) is 6.09. The smallest absolute Gasteiger partial charge is 0.311 e. The lowest BCUT2D eigenvalue weighted by Gasteiger charge is -2.23. The molecule has 0 bridgehead atoms. The van der Waals surface area contributed by atoms with E-state index in [2.05, 4.69) is 15.7 Å². The minimum Gasteiger partial charge on any atom is -0.362 e. The SMILES string of the molecule is NNc1ccc([N+](=O)[O-])c(NC2CCCCC2)n1. The van der Waals surface area contributed by atoms with Gasteiger partial charge in [-0.1, -0.05) is 19.3 Å². The molecule has 0 amide bonds. The van der Waals surface area contributed by atoms with Gasteiger partial charge in [-0.15, -0.1) is 0 Å². The lowest BCUT2D eigenvalue weighted by atomic mass is 9.95. The third kappa shape index (κ3) is 2.86. The van der Waals surface area contributed by atoms with Gasteiger partial charge in [0.25, 0.3) is 0 Å². The van der Waals surface area contributed by atoms with Crippen molar-refractivity contribution < 1.29 is 4.92 Å². The Labute approximate surface area is 105 Å². The zero-order valence-electron chi connectivity index (χ0n) is 10.1. The number of hydrogen-bond acceptors (Lipinski definition) is 6. The molecule has 0 unspecified atom stereocenters. The Morgan fingerprint density at radius 3 is 2.67 bits per heavy atom. The molecule has 1 fully saturated rings. The summed E-state index contributed by atoms with van der Waals surface area (Å²) in [4.78, 5) is 14.6. The lowest BCUT2D eigenvalue weighted by Crippen LogP contribution is -2.23. The second-order valence-electron chi connectivity index (χ2n) is 4.44. The van der Waals surface area contributed by atoms with Gasteiger partial charge >= 0.3 is 5.69 Å². The van der Waals surface area contributed by atoms with Crippen LogP contribution in [0.5, 0.6) is 0 Å². The van der Waals surface area contributed by atoms with Crippen molar-refractivity contribution in [3.05, 3.63) is 22.2 Å². The first kappa shape index (κ1) is 12.6. The van der Waals surface area contributed by atoms with Gasteiger partial charge in [-0.3, -0.25) is 10.1 Å². The van der Waals surface area contributed by atoms with E-state index in [1.807, 2.05) is 0 Å². The number of nitrogens with zero attached hydrogens (tertiary/aromatic N) is 2. The molecular weight excluding hydrogens is 234 g/mol. The predicted molar refractivity (Wildman–Crippen MR) is 69.2 cm³/mol. The van der Waals surface area contributed by atoms with E-state index in [1.54, 1.807) is 0 Å². The maximum Gasteiger partial charge on any atom is 0.311 e. The van der Waals surface area contributed by atoms with Gasteiger partial charge in [-0.2, -0.15) is 0 Å². The van der Waals surface area contributed by atoms with Gasteiger partial charge in [0.05, 0.1) is 4.92 Å². The van der Waals surface area contributed by atoms with Crippen molar-refractivity contribution in [2.24, 2.45) is 5.84 Å². The van der Waals surface area contributed by atoms with Gasteiger partial charge in [0.15, 0.2) is 0 Å². The molecule has 98 valence electrons. The average molecular weight is 251 g/mol. The Morgan fingerprint density at radius 2 is 2.06 bits per heavy atom. The zero-order valence-corrected chi connectivity index (χ0v) is 10.1. The number of nitrogens with two attached hydrogens (primary N) is 1. The van der Waals surface area contributed by atoms with Gasteiger partial charge in [-0.25, -0.2) is 10.8 Å². The van der Waals surface area contributed by atoms with E-state index in [0.29, 0.717) is 11.6 Å². The number of nitro groups is 1. The number of anilines is 2. The van der Waals surface area contributed by atoms with Crippen molar-refractivity contribution in [3.8, 4) is 0 Å². The van der Waals surface area contributed by atoms with Gasteiger partial charge in [0.1, 0.15) is 5.82 Å². The van der Waals surface area contributed by atoms with Crippen LogP contribution in [0.1, 0.15) is 32.1 Å². The van der Waals surface area contributed by atoms with Crippen LogP contribution in [-0.4, -0.2) is 15.9 Å². The Kier molecular flexibility index (Phi) is 3.93. The molecule has 0 atom stereocenters. The van der Waals surface area contributed by atoms with E-state index in [1.165, 1.54) is 18.6 Å². The molecule has 0 spiro atoms. The normalized spacial score (nSPS) is 16.3. The number of pyridine rings is 1. The van der Waals surface area contributed by atoms with Crippen LogP contribution in [0, 0.1) is 10.1 Å². The van der Waals surface area contributed by atoms with E-state index in [-0.39, 0.29) is 11.7 Å². The summed E-state index contributed by atoms with van der Waals surface area (Å²) >= 11 is 0. The first-order valence-electron chi connectivity index (χ1n) is 6.09. The molecule has 1 aromatic heterocycles. The summed E-state index contributed by atoms with van der Waals surface area (Å²) in [5, 5.41) is 14.1. The third-order valence-corrected chi connectivity index (χ3v) is 3.16. The number of hydrazine groups is 1. The largest absolute Gasteiger partial charge is 0.362 e. The first-order chi connectivity index (χ1) is 8.70. The molecule has 2 rings (SSSR count). The molecule has 0 aliphatic heterocycles. The fraction of sp³-hybridized carbons (Fsp3) is 0.545. The van der Waals surface area contributed by atoms with Crippen LogP contribution in [0.2, 0.25) is 0 Å². The van der Waals surface area contributed by atoms with Crippen LogP contribution in [0.3, 0.4) is 0 Å². The number of rotatable bonds is 4. The maximum absolute atomic E-state index is 10.9. The summed E-state index contributed by atoms with van der Waals surface area (Å²) in [6.45, 7) is 0. The van der Waals surface area contributed by atoms with Crippen LogP contribution in [0.15, 0.2) is 12.1 Å². The minimum atomic E-state index is -0.432. The fourth-order valence-corrected chi connectivity index (χ4v) is 2.23. The Hall–Kier alpha value is -1.89. The Morgan fingerprint density at radius 1 is 1.33 bits per heavy atom. The average Bonchev–Trinajstić information content (AvgIpc) is 2.39. The van der Waals surface area contributed by atoms with Gasteiger partial charge < -0.3 is 10.7 Å². The topological polar surface area (TPSA) is 106 Å².